The molecule has 1 heterocycles. The minimum atomic E-state index is 0.146. The van der Waals surface area contributed by atoms with Gasteiger partial charge < -0.3 is 23.9 Å². The van der Waals surface area contributed by atoms with Gasteiger partial charge in [0.25, 0.3) is 0 Å². The number of ether oxygens (including phenoxy) is 3. The minimum absolute atomic E-state index is 0.146. The summed E-state index contributed by atoms with van der Waals surface area (Å²) in [7, 11) is 4.81. The average molecular weight is 340 g/mol. The normalized spacial score (nSPS) is 10.5. The minimum Gasteiger partial charge on any atom is -0.508 e. The van der Waals surface area contributed by atoms with E-state index >= 15 is 0 Å². The summed E-state index contributed by atoms with van der Waals surface area (Å²) in [5.41, 5.74) is 1.77. The Labute approximate surface area is 146 Å². The molecule has 6 heteroatoms. The average Bonchev–Trinajstić information content (AvgIpc) is 3.09. The molecule has 1 aromatic heterocycles. The van der Waals surface area contributed by atoms with E-state index < -0.39 is 0 Å². The number of benzene rings is 2. The third kappa shape index (κ3) is 3.24. The van der Waals surface area contributed by atoms with E-state index in [0.29, 0.717) is 23.8 Å². The molecule has 0 saturated carbocycles. The number of hydrogen-bond acceptors (Lipinski definition) is 5. The number of phenolic OH excluding ortho intramolecular Hbond substituents is 1. The van der Waals surface area contributed by atoms with E-state index in [4.69, 9.17) is 14.2 Å². The second kappa shape index (κ2) is 7.17. The summed E-state index contributed by atoms with van der Waals surface area (Å²) < 4.78 is 18.2. The Hall–Kier alpha value is -3.15. The van der Waals surface area contributed by atoms with Crippen LogP contribution in [0.2, 0.25) is 0 Å². The molecule has 0 bridgehead atoms. The Bertz CT molecular complexity index is 874. The Morgan fingerprint density at radius 3 is 2.52 bits per heavy atom. The van der Waals surface area contributed by atoms with Crippen molar-refractivity contribution in [2.45, 2.75) is 6.54 Å². The van der Waals surface area contributed by atoms with Crippen molar-refractivity contribution in [1.82, 2.24) is 9.55 Å². The van der Waals surface area contributed by atoms with Gasteiger partial charge in [-0.15, -0.1) is 0 Å². The van der Waals surface area contributed by atoms with Crippen LogP contribution in [0.3, 0.4) is 0 Å². The van der Waals surface area contributed by atoms with Gasteiger partial charge in [0.1, 0.15) is 17.3 Å². The van der Waals surface area contributed by atoms with Crippen LogP contribution in [0.4, 0.5) is 0 Å². The van der Waals surface area contributed by atoms with Crippen LogP contribution in [0.15, 0.2) is 48.8 Å². The number of aromatic nitrogens is 2. The van der Waals surface area contributed by atoms with Gasteiger partial charge >= 0.3 is 0 Å². The highest BCUT2D eigenvalue weighted by molar-refractivity contribution is 5.66. The van der Waals surface area contributed by atoms with Crippen LogP contribution in [0, 0.1) is 0 Å². The maximum atomic E-state index is 9.66. The summed E-state index contributed by atoms with van der Waals surface area (Å²) >= 11 is 0. The second-order valence-corrected chi connectivity index (χ2v) is 5.42. The number of phenols is 1. The number of para-hydroxylation sites is 1. The standard InChI is InChI=1S/C19H20N2O4/c1-23-16-6-4-5-13(18(16)25-3)12-21-10-9-20-19(21)15-8-7-14(22)11-17(15)24-2/h4-11,22H,12H2,1-3H3. The van der Waals surface area contributed by atoms with Gasteiger partial charge in [-0.25, -0.2) is 4.98 Å². The van der Waals surface area contributed by atoms with Gasteiger partial charge in [0.05, 0.1) is 33.4 Å². The van der Waals surface area contributed by atoms with Crippen molar-refractivity contribution in [3.8, 4) is 34.4 Å². The summed E-state index contributed by atoms with van der Waals surface area (Å²) in [6, 6.07) is 10.7. The first-order chi connectivity index (χ1) is 12.2. The van der Waals surface area contributed by atoms with Gasteiger partial charge in [-0.05, 0) is 18.2 Å². The van der Waals surface area contributed by atoms with E-state index in [1.54, 1.807) is 45.7 Å². The molecular weight excluding hydrogens is 320 g/mol. The quantitative estimate of drug-likeness (QED) is 0.745. The van der Waals surface area contributed by atoms with Crippen LogP contribution >= 0.6 is 0 Å². The molecule has 2 aromatic carbocycles. The maximum absolute atomic E-state index is 9.66. The molecular formula is C19H20N2O4. The SMILES string of the molecule is COc1cc(O)ccc1-c1nccn1Cc1cccc(OC)c1OC. The number of rotatable bonds is 6. The van der Waals surface area contributed by atoms with Crippen LogP contribution < -0.4 is 14.2 Å². The van der Waals surface area contributed by atoms with Crippen molar-refractivity contribution >= 4 is 0 Å². The zero-order valence-corrected chi connectivity index (χ0v) is 14.4. The summed E-state index contributed by atoms with van der Waals surface area (Å²) in [5.74, 6) is 2.83. The predicted octanol–water partition coefficient (Wildman–Crippen LogP) is 3.33. The molecule has 0 saturated heterocycles. The van der Waals surface area contributed by atoms with E-state index in [1.807, 2.05) is 29.0 Å². The van der Waals surface area contributed by atoms with Crippen molar-refractivity contribution in [1.29, 1.82) is 0 Å². The third-order valence-corrected chi connectivity index (χ3v) is 3.97. The van der Waals surface area contributed by atoms with Crippen molar-refractivity contribution in [3.63, 3.8) is 0 Å². The molecule has 0 unspecified atom stereocenters. The Morgan fingerprint density at radius 1 is 1.00 bits per heavy atom. The first kappa shape index (κ1) is 16.7. The largest absolute Gasteiger partial charge is 0.508 e. The molecule has 0 spiro atoms. The lowest BCUT2D eigenvalue weighted by atomic mass is 10.1. The summed E-state index contributed by atoms with van der Waals surface area (Å²) in [6.07, 6.45) is 3.62. The van der Waals surface area contributed by atoms with Gasteiger partial charge in [-0.2, -0.15) is 0 Å². The first-order valence-corrected chi connectivity index (χ1v) is 7.76. The van der Waals surface area contributed by atoms with Crippen molar-refractivity contribution in [2.24, 2.45) is 0 Å². The highest BCUT2D eigenvalue weighted by atomic mass is 16.5. The van der Waals surface area contributed by atoms with Gasteiger partial charge in [0, 0.05) is 24.0 Å². The molecule has 0 fully saturated rings. The van der Waals surface area contributed by atoms with E-state index in [9.17, 15) is 5.11 Å². The molecule has 0 amide bonds. The molecule has 130 valence electrons. The van der Waals surface area contributed by atoms with E-state index in [-0.39, 0.29) is 5.75 Å². The van der Waals surface area contributed by atoms with Crippen LogP contribution in [0.25, 0.3) is 11.4 Å². The fraction of sp³-hybridized carbons (Fsp3) is 0.211. The topological polar surface area (TPSA) is 65.7 Å². The van der Waals surface area contributed by atoms with Crippen LogP contribution in [-0.2, 0) is 6.54 Å². The lowest BCUT2D eigenvalue weighted by Crippen LogP contribution is -2.04. The number of hydrogen-bond donors (Lipinski definition) is 1. The lowest BCUT2D eigenvalue weighted by molar-refractivity contribution is 0.351. The smallest absolute Gasteiger partial charge is 0.165 e. The van der Waals surface area contributed by atoms with Gasteiger partial charge in [-0.1, -0.05) is 12.1 Å². The van der Waals surface area contributed by atoms with Crippen LogP contribution in [0.5, 0.6) is 23.0 Å². The van der Waals surface area contributed by atoms with Crippen LogP contribution in [-0.4, -0.2) is 36.0 Å². The van der Waals surface area contributed by atoms with Crippen LogP contribution in [0.1, 0.15) is 5.56 Å². The number of nitrogens with zero attached hydrogens (tertiary/aromatic N) is 2. The van der Waals surface area contributed by atoms with Crippen molar-refractivity contribution in [2.75, 3.05) is 21.3 Å². The Kier molecular flexibility index (Phi) is 4.79. The number of aromatic hydroxyl groups is 1. The molecule has 0 aliphatic rings. The fourth-order valence-corrected chi connectivity index (χ4v) is 2.81. The second-order valence-electron chi connectivity index (χ2n) is 5.42. The highest BCUT2D eigenvalue weighted by Crippen LogP contribution is 2.34. The van der Waals surface area contributed by atoms with Gasteiger partial charge in [0.15, 0.2) is 11.5 Å². The van der Waals surface area contributed by atoms with Crippen molar-refractivity contribution < 1.29 is 19.3 Å². The Balaban J connectivity index is 2.02. The maximum Gasteiger partial charge on any atom is 0.165 e. The van der Waals surface area contributed by atoms with Gasteiger partial charge in [-0.3, -0.25) is 0 Å². The highest BCUT2D eigenvalue weighted by Gasteiger charge is 2.15. The molecule has 0 aliphatic carbocycles. The summed E-state index contributed by atoms with van der Waals surface area (Å²) in [6.45, 7) is 0.555. The summed E-state index contributed by atoms with van der Waals surface area (Å²) in [5, 5.41) is 9.66. The van der Waals surface area contributed by atoms with E-state index in [0.717, 1.165) is 17.0 Å². The third-order valence-electron chi connectivity index (χ3n) is 3.97. The van der Waals surface area contributed by atoms with E-state index in [2.05, 4.69) is 4.98 Å². The zero-order chi connectivity index (χ0) is 17.8. The monoisotopic (exact) mass is 340 g/mol. The molecule has 6 nitrogen and oxygen atoms in total. The number of imidazole rings is 1. The lowest BCUT2D eigenvalue weighted by Gasteiger charge is -2.15. The molecule has 1 N–H and O–H groups in total. The Morgan fingerprint density at radius 2 is 1.80 bits per heavy atom. The van der Waals surface area contributed by atoms with Gasteiger partial charge in [0.2, 0.25) is 0 Å². The predicted molar refractivity (Wildman–Crippen MR) is 94.5 cm³/mol. The number of methoxy groups -OCH3 is 3. The molecule has 25 heavy (non-hydrogen) atoms. The molecule has 3 rings (SSSR count). The molecule has 0 aliphatic heterocycles. The molecule has 0 atom stereocenters. The van der Waals surface area contributed by atoms with E-state index in [1.165, 1.54) is 0 Å². The molecule has 0 radical (unpaired) electrons. The zero-order valence-electron chi connectivity index (χ0n) is 14.4. The van der Waals surface area contributed by atoms with Crippen molar-refractivity contribution in [3.05, 3.63) is 54.4 Å². The summed E-state index contributed by atoms with van der Waals surface area (Å²) in [4.78, 5) is 4.45. The first-order valence-electron chi connectivity index (χ1n) is 7.76. The molecule has 3 aromatic rings. The fourth-order valence-electron chi connectivity index (χ4n) is 2.81.